The number of amides is 2. The van der Waals surface area contributed by atoms with Gasteiger partial charge in [-0.1, -0.05) is 19.1 Å². The number of hydrogen-bond donors (Lipinski definition) is 3. The minimum atomic E-state index is -0.504. The summed E-state index contributed by atoms with van der Waals surface area (Å²) in [6.07, 6.45) is 1.55. The highest BCUT2D eigenvalue weighted by molar-refractivity contribution is 5.95. The van der Waals surface area contributed by atoms with E-state index in [4.69, 9.17) is 4.74 Å². The average Bonchev–Trinajstić information content (AvgIpc) is 2.65. The number of carbonyl (C=O) groups is 2. The first kappa shape index (κ1) is 24.2. The Labute approximate surface area is 185 Å². The van der Waals surface area contributed by atoms with Crippen molar-refractivity contribution in [2.24, 2.45) is 0 Å². The number of ether oxygens (including phenoxy) is 1. The second-order valence-corrected chi connectivity index (χ2v) is 8.57. The third-order valence-corrected chi connectivity index (χ3v) is 4.38. The minimum absolute atomic E-state index is 0.0212. The predicted molar refractivity (Wildman–Crippen MR) is 125 cm³/mol. The lowest BCUT2D eigenvalue weighted by atomic mass is 10.1. The van der Waals surface area contributed by atoms with Gasteiger partial charge in [-0.25, -0.2) is 4.79 Å². The van der Waals surface area contributed by atoms with Crippen LogP contribution in [0.15, 0.2) is 30.3 Å². The molecule has 0 aliphatic heterocycles. The highest BCUT2D eigenvalue weighted by atomic mass is 16.6. The summed E-state index contributed by atoms with van der Waals surface area (Å²) in [7, 11) is 0. The number of aromatic nitrogens is 1. The molecule has 0 unspecified atom stereocenters. The number of carbonyl (C=O) groups excluding carboxylic acids is 2. The molecule has 0 bridgehead atoms. The van der Waals surface area contributed by atoms with Crippen LogP contribution in [-0.2, 0) is 16.0 Å². The van der Waals surface area contributed by atoms with Crippen LogP contribution in [0.5, 0.6) is 0 Å². The maximum Gasteiger partial charge on any atom is 0.407 e. The molecular formula is C24H34N4O3. The topological polar surface area (TPSA) is 92.4 Å². The van der Waals surface area contributed by atoms with Gasteiger partial charge >= 0.3 is 6.09 Å². The van der Waals surface area contributed by atoms with E-state index < -0.39 is 11.7 Å². The van der Waals surface area contributed by atoms with Gasteiger partial charge in [0, 0.05) is 24.3 Å². The Bertz CT molecular complexity index is 902. The molecule has 2 aromatic rings. The van der Waals surface area contributed by atoms with E-state index >= 15 is 0 Å². The normalized spacial score (nSPS) is 11.0. The molecule has 0 aliphatic rings. The standard InChI is InChI=1S/C24H34N4O3/c1-7-8-21(29)28-22-17(3)26-16(2)15-20(22)27-19-11-9-18(10-12-19)13-14-25-23(30)31-24(4,5)6/h9-12,15H,7-8,13-14H2,1-6H3,(H,25,30)(H,26,27)(H,28,29). The molecule has 3 N–H and O–H groups in total. The number of alkyl carbamates (subject to hydrolysis) is 1. The first-order valence-electron chi connectivity index (χ1n) is 10.7. The van der Waals surface area contributed by atoms with Crippen molar-refractivity contribution >= 4 is 29.1 Å². The van der Waals surface area contributed by atoms with Gasteiger partial charge in [0.1, 0.15) is 5.60 Å². The number of rotatable bonds is 8. The van der Waals surface area contributed by atoms with Crippen LogP contribution in [0.2, 0.25) is 0 Å². The van der Waals surface area contributed by atoms with Crippen LogP contribution in [-0.4, -0.2) is 29.1 Å². The molecular weight excluding hydrogens is 392 g/mol. The molecule has 7 nitrogen and oxygen atoms in total. The van der Waals surface area contributed by atoms with E-state index in [-0.39, 0.29) is 5.91 Å². The first-order chi connectivity index (χ1) is 14.6. The molecule has 1 heterocycles. The van der Waals surface area contributed by atoms with Crippen molar-refractivity contribution in [1.29, 1.82) is 0 Å². The number of pyridine rings is 1. The highest BCUT2D eigenvalue weighted by Crippen LogP contribution is 2.29. The van der Waals surface area contributed by atoms with E-state index in [2.05, 4.69) is 20.9 Å². The molecule has 0 saturated heterocycles. The molecule has 0 saturated carbocycles. The largest absolute Gasteiger partial charge is 0.444 e. The van der Waals surface area contributed by atoms with Crippen LogP contribution in [0.25, 0.3) is 0 Å². The van der Waals surface area contributed by atoms with Crippen molar-refractivity contribution in [3.8, 4) is 0 Å². The summed E-state index contributed by atoms with van der Waals surface area (Å²) >= 11 is 0. The minimum Gasteiger partial charge on any atom is -0.444 e. The van der Waals surface area contributed by atoms with Gasteiger partial charge in [-0.2, -0.15) is 0 Å². The lowest BCUT2D eigenvalue weighted by Crippen LogP contribution is -2.33. The zero-order chi connectivity index (χ0) is 23.0. The van der Waals surface area contributed by atoms with E-state index in [1.54, 1.807) is 0 Å². The molecule has 2 rings (SSSR count). The summed E-state index contributed by atoms with van der Waals surface area (Å²) in [5, 5.41) is 9.13. The summed E-state index contributed by atoms with van der Waals surface area (Å²) < 4.78 is 5.24. The fraction of sp³-hybridized carbons (Fsp3) is 0.458. The molecule has 0 fully saturated rings. The number of nitrogens with one attached hydrogen (secondary N) is 3. The molecule has 0 atom stereocenters. The molecule has 2 amide bonds. The summed E-state index contributed by atoms with van der Waals surface area (Å²) in [6.45, 7) is 11.8. The number of anilines is 3. The molecule has 1 aromatic carbocycles. The summed E-state index contributed by atoms with van der Waals surface area (Å²) in [6, 6.07) is 9.90. The second-order valence-electron chi connectivity index (χ2n) is 8.57. The third kappa shape index (κ3) is 8.28. The van der Waals surface area contributed by atoms with Crippen LogP contribution < -0.4 is 16.0 Å². The van der Waals surface area contributed by atoms with Crippen LogP contribution >= 0.6 is 0 Å². The molecule has 31 heavy (non-hydrogen) atoms. The fourth-order valence-corrected chi connectivity index (χ4v) is 3.05. The third-order valence-electron chi connectivity index (χ3n) is 4.38. The van der Waals surface area contributed by atoms with Crippen molar-refractivity contribution in [2.75, 3.05) is 17.2 Å². The number of aryl methyl sites for hydroxylation is 2. The van der Waals surface area contributed by atoms with Gasteiger partial charge in [-0.05, 0) is 71.2 Å². The van der Waals surface area contributed by atoms with Gasteiger partial charge in [-0.3, -0.25) is 9.78 Å². The fourth-order valence-electron chi connectivity index (χ4n) is 3.05. The van der Waals surface area contributed by atoms with Crippen LogP contribution in [0.3, 0.4) is 0 Å². The summed E-state index contributed by atoms with van der Waals surface area (Å²) in [4.78, 5) is 28.3. The number of nitrogens with zero attached hydrogens (tertiary/aromatic N) is 1. The molecule has 7 heteroatoms. The van der Waals surface area contributed by atoms with E-state index in [0.717, 1.165) is 34.7 Å². The van der Waals surface area contributed by atoms with Gasteiger partial charge in [0.25, 0.3) is 0 Å². The predicted octanol–water partition coefficient (Wildman–Crippen LogP) is 5.25. The maximum atomic E-state index is 12.1. The molecule has 0 aliphatic carbocycles. The van der Waals surface area contributed by atoms with Crippen molar-refractivity contribution < 1.29 is 14.3 Å². The Balaban J connectivity index is 2.01. The Kier molecular flexibility index (Phi) is 8.42. The van der Waals surface area contributed by atoms with Gasteiger partial charge in [0.15, 0.2) is 0 Å². The average molecular weight is 427 g/mol. The Hall–Kier alpha value is -3.09. The van der Waals surface area contributed by atoms with Gasteiger partial charge in [0.2, 0.25) is 5.91 Å². The molecule has 0 spiro atoms. The monoisotopic (exact) mass is 426 g/mol. The van der Waals surface area contributed by atoms with E-state index in [1.807, 2.05) is 71.9 Å². The summed E-state index contributed by atoms with van der Waals surface area (Å²) in [5.74, 6) is -0.0212. The Morgan fingerprint density at radius 2 is 1.77 bits per heavy atom. The lowest BCUT2D eigenvalue weighted by Gasteiger charge is -2.19. The van der Waals surface area contributed by atoms with Crippen molar-refractivity contribution in [2.45, 2.75) is 66.4 Å². The van der Waals surface area contributed by atoms with Crippen molar-refractivity contribution in [3.05, 3.63) is 47.3 Å². The zero-order valence-corrected chi connectivity index (χ0v) is 19.4. The smallest absolute Gasteiger partial charge is 0.407 e. The Morgan fingerprint density at radius 1 is 1.10 bits per heavy atom. The van der Waals surface area contributed by atoms with Gasteiger partial charge in [-0.15, -0.1) is 0 Å². The molecule has 168 valence electrons. The quantitative estimate of drug-likeness (QED) is 0.536. The number of benzene rings is 1. The van der Waals surface area contributed by atoms with Gasteiger partial charge in [0.05, 0.1) is 17.1 Å². The van der Waals surface area contributed by atoms with Crippen LogP contribution in [0, 0.1) is 13.8 Å². The van der Waals surface area contributed by atoms with Crippen LogP contribution in [0.4, 0.5) is 21.9 Å². The molecule has 0 radical (unpaired) electrons. The second kappa shape index (κ2) is 10.8. The lowest BCUT2D eigenvalue weighted by molar-refractivity contribution is -0.116. The molecule has 1 aromatic heterocycles. The Morgan fingerprint density at radius 3 is 2.39 bits per heavy atom. The van der Waals surface area contributed by atoms with E-state index in [0.29, 0.717) is 25.1 Å². The highest BCUT2D eigenvalue weighted by Gasteiger charge is 2.15. The van der Waals surface area contributed by atoms with E-state index in [9.17, 15) is 9.59 Å². The van der Waals surface area contributed by atoms with Crippen molar-refractivity contribution in [3.63, 3.8) is 0 Å². The van der Waals surface area contributed by atoms with Gasteiger partial charge < -0.3 is 20.7 Å². The first-order valence-corrected chi connectivity index (χ1v) is 10.7. The number of hydrogen-bond acceptors (Lipinski definition) is 5. The zero-order valence-electron chi connectivity index (χ0n) is 19.4. The SMILES string of the molecule is CCCC(=O)Nc1c(Nc2ccc(CCNC(=O)OC(C)(C)C)cc2)cc(C)nc1C. The van der Waals surface area contributed by atoms with E-state index in [1.165, 1.54) is 0 Å². The summed E-state index contributed by atoms with van der Waals surface area (Å²) in [5.41, 5.74) is 4.66. The maximum absolute atomic E-state index is 12.1. The van der Waals surface area contributed by atoms with Crippen LogP contribution in [0.1, 0.15) is 57.5 Å². The van der Waals surface area contributed by atoms with Crippen molar-refractivity contribution in [1.82, 2.24) is 10.3 Å².